The quantitative estimate of drug-likeness (QED) is 0.722. The Morgan fingerprint density at radius 2 is 1.75 bits per heavy atom. The van der Waals surface area contributed by atoms with Crippen LogP contribution in [-0.2, 0) is 0 Å². The molecule has 0 saturated heterocycles. The van der Waals surface area contributed by atoms with Crippen LogP contribution in [0.1, 0.15) is 31.1 Å². The minimum atomic E-state index is -0.226. The Balaban J connectivity index is 2.41. The number of hydrogen-bond donors (Lipinski definition) is 0. The molecule has 2 rings (SSSR count). The zero-order valence-electron chi connectivity index (χ0n) is 9.75. The minimum absolute atomic E-state index is 0.226. The Hall–Kier alpha value is -1.57. The molecule has 1 nitrogen and oxygen atoms in total. The summed E-state index contributed by atoms with van der Waals surface area (Å²) in [6.45, 7) is 6.22. The lowest BCUT2D eigenvalue weighted by Gasteiger charge is -1.99. The van der Waals surface area contributed by atoms with Gasteiger partial charge in [0.25, 0.3) is 0 Å². The summed E-state index contributed by atoms with van der Waals surface area (Å²) in [5.74, 6) is 1.96. The summed E-state index contributed by atoms with van der Waals surface area (Å²) in [4.78, 5) is 0. The SMILES string of the molecule is Cc1oc(-c2ccc(F)cc2)cc1C(C)C. The second-order valence-electron chi connectivity index (χ2n) is 4.28. The van der Waals surface area contributed by atoms with Crippen molar-refractivity contribution in [2.75, 3.05) is 0 Å². The molecule has 0 atom stereocenters. The fourth-order valence-corrected chi connectivity index (χ4v) is 1.83. The summed E-state index contributed by atoms with van der Waals surface area (Å²) in [5.41, 5.74) is 2.12. The number of hydrogen-bond acceptors (Lipinski definition) is 1. The zero-order chi connectivity index (χ0) is 11.7. The lowest BCUT2D eigenvalue weighted by Crippen LogP contribution is -1.84. The maximum Gasteiger partial charge on any atom is 0.134 e. The van der Waals surface area contributed by atoms with Gasteiger partial charge in [-0.3, -0.25) is 0 Å². The predicted octanol–water partition coefficient (Wildman–Crippen LogP) is 4.52. The molecule has 2 heteroatoms. The van der Waals surface area contributed by atoms with Crippen molar-refractivity contribution >= 4 is 0 Å². The Morgan fingerprint density at radius 3 is 2.25 bits per heavy atom. The second-order valence-corrected chi connectivity index (χ2v) is 4.28. The molecule has 0 amide bonds. The summed E-state index contributed by atoms with van der Waals surface area (Å²) in [7, 11) is 0. The normalized spacial score (nSPS) is 11.1. The molecule has 0 fully saturated rings. The van der Waals surface area contributed by atoms with E-state index in [0.29, 0.717) is 5.92 Å². The van der Waals surface area contributed by atoms with Crippen LogP contribution in [0, 0.1) is 12.7 Å². The highest BCUT2D eigenvalue weighted by Crippen LogP contribution is 2.29. The molecule has 0 aliphatic carbocycles. The summed E-state index contributed by atoms with van der Waals surface area (Å²) < 4.78 is 18.5. The lowest BCUT2D eigenvalue weighted by atomic mass is 10.0. The van der Waals surface area contributed by atoms with Crippen LogP contribution in [0.2, 0.25) is 0 Å². The van der Waals surface area contributed by atoms with Gasteiger partial charge < -0.3 is 4.42 Å². The van der Waals surface area contributed by atoms with Crippen LogP contribution in [0.4, 0.5) is 4.39 Å². The van der Waals surface area contributed by atoms with Crippen LogP contribution in [0.25, 0.3) is 11.3 Å². The first-order chi connectivity index (χ1) is 7.58. The predicted molar refractivity (Wildman–Crippen MR) is 62.9 cm³/mol. The number of aryl methyl sites for hydroxylation is 1. The Labute approximate surface area is 94.9 Å². The standard InChI is InChI=1S/C14H15FO/c1-9(2)13-8-14(16-10(13)3)11-4-6-12(15)7-5-11/h4-9H,1-3H3. The Bertz CT molecular complexity index is 480. The van der Waals surface area contributed by atoms with E-state index >= 15 is 0 Å². The average molecular weight is 218 g/mol. The summed E-state index contributed by atoms with van der Waals surface area (Å²) >= 11 is 0. The molecule has 0 bridgehead atoms. The van der Waals surface area contributed by atoms with Crippen LogP contribution >= 0.6 is 0 Å². The van der Waals surface area contributed by atoms with Crippen LogP contribution in [0.5, 0.6) is 0 Å². The monoisotopic (exact) mass is 218 g/mol. The number of benzene rings is 1. The van der Waals surface area contributed by atoms with E-state index in [9.17, 15) is 4.39 Å². The molecular formula is C14H15FO. The van der Waals surface area contributed by atoms with E-state index in [0.717, 1.165) is 17.1 Å². The molecule has 0 aliphatic heterocycles. The molecule has 2 aromatic rings. The maximum atomic E-state index is 12.8. The highest BCUT2D eigenvalue weighted by atomic mass is 19.1. The number of rotatable bonds is 2. The maximum absolute atomic E-state index is 12.8. The van der Waals surface area contributed by atoms with Crippen LogP contribution in [0.15, 0.2) is 34.7 Å². The van der Waals surface area contributed by atoms with Crippen molar-refractivity contribution < 1.29 is 8.81 Å². The van der Waals surface area contributed by atoms with Gasteiger partial charge in [-0.25, -0.2) is 4.39 Å². The smallest absolute Gasteiger partial charge is 0.134 e. The van der Waals surface area contributed by atoms with Crippen LogP contribution < -0.4 is 0 Å². The Morgan fingerprint density at radius 1 is 1.12 bits per heavy atom. The molecule has 0 N–H and O–H groups in total. The highest BCUT2D eigenvalue weighted by molar-refractivity contribution is 5.59. The van der Waals surface area contributed by atoms with Crippen molar-refractivity contribution in [3.8, 4) is 11.3 Å². The van der Waals surface area contributed by atoms with E-state index in [1.54, 1.807) is 12.1 Å². The van der Waals surface area contributed by atoms with E-state index in [2.05, 4.69) is 13.8 Å². The van der Waals surface area contributed by atoms with Crippen molar-refractivity contribution in [3.63, 3.8) is 0 Å². The fraction of sp³-hybridized carbons (Fsp3) is 0.286. The lowest BCUT2D eigenvalue weighted by molar-refractivity contribution is 0.540. The molecule has 1 heterocycles. The van der Waals surface area contributed by atoms with Crippen molar-refractivity contribution in [1.29, 1.82) is 0 Å². The van der Waals surface area contributed by atoms with Crippen molar-refractivity contribution in [2.45, 2.75) is 26.7 Å². The number of halogens is 1. The van der Waals surface area contributed by atoms with Crippen LogP contribution in [-0.4, -0.2) is 0 Å². The van der Waals surface area contributed by atoms with Gasteiger partial charge in [-0.2, -0.15) is 0 Å². The van der Waals surface area contributed by atoms with Gasteiger partial charge in [0.2, 0.25) is 0 Å². The molecule has 1 aromatic heterocycles. The zero-order valence-corrected chi connectivity index (χ0v) is 9.75. The highest BCUT2D eigenvalue weighted by Gasteiger charge is 2.11. The fourth-order valence-electron chi connectivity index (χ4n) is 1.83. The van der Waals surface area contributed by atoms with Crippen molar-refractivity contribution in [1.82, 2.24) is 0 Å². The third-order valence-corrected chi connectivity index (χ3v) is 2.71. The molecular weight excluding hydrogens is 203 g/mol. The second kappa shape index (κ2) is 4.12. The van der Waals surface area contributed by atoms with Gasteiger partial charge in [-0.15, -0.1) is 0 Å². The van der Waals surface area contributed by atoms with E-state index in [4.69, 9.17) is 4.42 Å². The molecule has 0 saturated carbocycles. The summed E-state index contributed by atoms with van der Waals surface area (Å²) in [5, 5.41) is 0. The third-order valence-electron chi connectivity index (χ3n) is 2.71. The first-order valence-electron chi connectivity index (χ1n) is 5.44. The van der Waals surface area contributed by atoms with Crippen molar-refractivity contribution in [2.24, 2.45) is 0 Å². The molecule has 16 heavy (non-hydrogen) atoms. The van der Waals surface area contributed by atoms with E-state index in [1.165, 1.54) is 17.7 Å². The molecule has 84 valence electrons. The van der Waals surface area contributed by atoms with E-state index in [1.807, 2.05) is 13.0 Å². The summed E-state index contributed by atoms with van der Waals surface area (Å²) in [6.07, 6.45) is 0. The largest absolute Gasteiger partial charge is 0.461 e. The van der Waals surface area contributed by atoms with Gasteiger partial charge in [0.05, 0.1) is 0 Å². The van der Waals surface area contributed by atoms with Gasteiger partial charge in [-0.05, 0) is 48.7 Å². The first kappa shape index (κ1) is 10.9. The molecule has 0 radical (unpaired) electrons. The molecule has 0 spiro atoms. The molecule has 0 aliphatic rings. The Kier molecular flexibility index (Phi) is 2.82. The topological polar surface area (TPSA) is 13.1 Å². The van der Waals surface area contributed by atoms with E-state index in [-0.39, 0.29) is 5.82 Å². The van der Waals surface area contributed by atoms with Crippen LogP contribution in [0.3, 0.4) is 0 Å². The summed E-state index contributed by atoms with van der Waals surface area (Å²) in [6, 6.07) is 8.40. The number of furan rings is 1. The third kappa shape index (κ3) is 2.01. The van der Waals surface area contributed by atoms with Gasteiger partial charge in [0, 0.05) is 5.56 Å². The van der Waals surface area contributed by atoms with Gasteiger partial charge >= 0.3 is 0 Å². The average Bonchev–Trinajstić information content (AvgIpc) is 2.61. The molecule has 1 aromatic carbocycles. The van der Waals surface area contributed by atoms with E-state index < -0.39 is 0 Å². The van der Waals surface area contributed by atoms with Gasteiger partial charge in [0.1, 0.15) is 17.3 Å². The molecule has 0 unspecified atom stereocenters. The minimum Gasteiger partial charge on any atom is -0.461 e. The van der Waals surface area contributed by atoms with Gasteiger partial charge in [-0.1, -0.05) is 13.8 Å². The first-order valence-corrected chi connectivity index (χ1v) is 5.44. The van der Waals surface area contributed by atoms with Crippen molar-refractivity contribution in [3.05, 3.63) is 47.5 Å². The van der Waals surface area contributed by atoms with Gasteiger partial charge in [0.15, 0.2) is 0 Å².